The van der Waals surface area contributed by atoms with E-state index in [1.54, 1.807) is 16.8 Å². The summed E-state index contributed by atoms with van der Waals surface area (Å²) < 4.78 is 39.3. The van der Waals surface area contributed by atoms with E-state index in [0.29, 0.717) is 5.56 Å². The summed E-state index contributed by atoms with van der Waals surface area (Å²) in [4.78, 5) is 23.5. The minimum Gasteiger partial charge on any atom is -0.267 e. The van der Waals surface area contributed by atoms with Crippen molar-refractivity contribution in [2.45, 2.75) is 4.90 Å². The largest absolute Gasteiger partial charge is 0.272 e. The minimum atomic E-state index is -4.06. The van der Waals surface area contributed by atoms with Crippen molar-refractivity contribution in [1.82, 2.24) is 15.2 Å². The molecule has 1 heterocycles. The summed E-state index contributed by atoms with van der Waals surface area (Å²) in [5.41, 5.74) is 3.88. The van der Waals surface area contributed by atoms with Gasteiger partial charge in [-0.25, -0.2) is 12.8 Å². The highest BCUT2D eigenvalue weighted by atomic mass is 32.2. The van der Waals surface area contributed by atoms with Gasteiger partial charge in [-0.15, -0.1) is 0 Å². The first kappa shape index (κ1) is 19.5. The lowest BCUT2D eigenvalue weighted by Crippen LogP contribution is -2.41. The Kier molecular flexibility index (Phi) is 6.04. The van der Waals surface area contributed by atoms with E-state index in [1.165, 1.54) is 24.5 Å². The summed E-state index contributed by atoms with van der Waals surface area (Å²) in [6.45, 7) is -0.405. The standard InChI is InChI=1S/C15H13FN4O4S2/c1-20(6-5-17)26(23,24)11-2-3-13(16)12(8-11)15(22)19-18-14(21)10-4-7-25-9-10/h2-4,7-9H,6H2,1H3,(H,18,21)(H,19,22). The van der Waals surface area contributed by atoms with E-state index in [2.05, 4.69) is 5.43 Å². The monoisotopic (exact) mass is 396 g/mol. The Balaban J connectivity index is 2.20. The van der Waals surface area contributed by atoms with Gasteiger partial charge in [0.2, 0.25) is 10.0 Å². The van der Waals surface area contributed by atoms with Crippen LogP contribution in [-0.2, 0) is 10.0 Å². The molecule has 0 bridgehead atoms. The molecule has 2 aromatic rings. The van der Waals surface area contributed by atoms with Crippen molar-refractivity contribution in [2.75, 3.05) is 13.6 Å². The minimum absolute atomic E-state index is 0.310. The molecule has 0 fully saturated rings. The van der Waals surface area contributed by atoms with Gasteiger partial charge in [0.05, 0.1) is 22.1 Å². The first-order chi connectivity index (χ1) is 12.3. The number of benzene rings is 1. The average Bonchev–Trinajstić information content (AvgIpc) is 3.14. The van der Waals surface area contributed by atoms with Crippen LogP contribution in [-0.4, -0.2) is 38.1 Å². The molecule has 0 unspecified atom stereocenters. The van der Waals surface area contributed by atoms with E-state index < -0.39 is 39.8 Å². The van der Waals surface area contributed by atoms with Crippen LogP contribution in [0.15, 0.2) is 39.9 Å². The molecule has 1 aromatic carbocycles. The fourth-order valence-electron chi connectivity index (χ4n) is 1.85. The molecule has 0 aliphatic heterocycles. The van der Waals surface area contributed by atoms with E-state index in [9.17, 15) is 22.4 Å². The molecule has 0 spiro atoms. The molecule has 2 rings (SSSR count). The van der Waals surface area contributed by atoms with Crippen molar-refractivity contribution in [3.8, 4) is 6.07 Å². The van der Waals surface area contributed by atoms with Crippen LogP contribution in [0.2, 0.25) is 0 Å². The fourth-order valence-corrected chi connectivity index (χ4v) is 3.58. The normalized spacial score (nSPS) is 11.0. The van der Waals surface area contributed by atoms with Crippen LogP contribution in [0.4, 0.5) is 4.39 Å². The zero-order valence-electron chi connectivity index (χ0n) is 13.4. The Hall–Kier alpha value is -2.81. The van der Waals surface area contributed by atoms with Crippen molar-refractivity contribution in [1.29, 1.82) is 5.26 Å². The second-order valence-electron chi connectivity index (χ2n) is 4.98. The number of carbonyl (C=O) groups excluding carboxylic acids is 2. The number of thiophene rings is 1. The molecular weight excluding hydrogens is 383 g/mol. The molecule has 11 heteroatoms. The van der Waals surface area contributed by atoms with Gasteiger partial charge in [-0.1, -0.05) is 0 Å². The summed E-state index contributed by atoms with van der Waals surface area (Å²) in [7, 11) is -2.88. The summed E-state index contributed by atoms with van der Waals surface area (Å²) in [5, 5.41) is 11.8. The number of amides is 2. The van der Waals surface area contributed by atoms with Crippen LogP contribution in [0, 0.1) is 17.1 Å². The highest BCUT2D eigenvalue weighted by Gasteiger charge is 2.23. The number of nitriles is 1. The molecule has 8 nitrogen and oxygen atoms in total. The van der Waals surface area contributed by atoms with Gasteiger partial charge in [-0.05, 0) is 29.6 Å². The molecule has 0 saturated heterocycles. The lowest BCUT2D eigenvalue weighted by atomic mass is 10.2. The Morgan fingerprint density at radius 1 is 1.27 bits per heavy atom. The van der Waals surface area contributed by atoms with E-state index in [0.717, 1.165) is 22.5 Å². The summed E-state index contributed by atoms with van der Waals surface area (Å²) in [6.07, 6.45) is 0. The van der Waals surface area contributed by atoms with E-state index >= 15 is 0 Å². The molecular formula is C15H13FN4O4S2. The topological polar surface area (TPSA) is 119 Å². The van der Waals surface area contributed by atoms with Crippen molar-refractivity contribution in [3.05, 3.63) is 52.0 Å². The Bertz CT molecular complexity index is 968. The number of nitrogens with one attached hydrogen (secondary N) is 2. The predicted octanol–water partition coefficient (Wildman–Crippen LogP) is 1.11. The number of rotatable bonds is 5. The summed E-state index contributed by atoms with van der Waals surface area (Å²) in [5.74, 6) is -2.59. The molecule has 2 amide bonds. The SMILES string of the molecule is CN(CC#N)S(=O)(=O)c1ccc(F)c(C(=O)NNC(=O)c2ccsc2)c1. The van der Waals surface area contributed by atoms with Gasteiger partial charge in [0.15, 0.2) is 0 Å². The molecule has 0 saturated carbocycles. The Morgan fingerprint density at radius 2 is 1.96 bits per heavy atom. The second kappa shape index (κ2) is 8.05. The zero-order valence-corrected chi connectivity index (χ0v) is 15.0. The number of nitrogens with zero attached hydrogens (tertiary/aromatic N) is 2. The van der Waals surface area contributed by atoms with Gasteiger partial charge in [-0.3, -0.25) is 20.4 Å². The second-order valence-corrected chi connectivity index (χ2v) is 7.81. The van der Waals surface area contributed by atoms with E-state index in [1.807, 2.05) is 5.43 Å². The third-order valence-corrected chi connectivity index (χ3v) is 5.74. The fraction of sp³-hybridized carbons (Fsp3) is 0.133. The van der Waals surface area contributed by atoms with Gasteiger partial charge >= 0.3 is 0 Å². The van der Waals surface area contributed by atoms with Crippen LogP contribution in [0.3, 0.4) is 0 Å². The van der Waals surface area contributed by atoms with Gasteiger partial charge in [0, 0.05) is 12.4 Å². The number of hydrogen-bond acceptors (Lipinski definition) is 6. The van der Waals surface area contributed by atoms with Gasteiger partial charge in [-0.2, -0.15) is 20.9 Å². The first-order valence-electron chi connectivity index (χ1n) is 7.03. The van der Waals surface area contributed by atoms with Crippen LogP contribution < -0.4 is 10.9 Å². The van der Waals surface area contributed by atoms with E-state index in [-0.39, 0.29) is 4.90 Å². The molecule has 136 valence electrons. The summed E-state index contributed by atoms with van der Waals surface area (Å²) >= 11 is 1.28. The molecule has 2 N–H and O–H groups in total. The lowest BCUT2D eigenvalue weighted by molar-refractivity contribution is 0.0844. The first-order valence-corrected chi connectivity index (χ1v) is 9.41. The Morgan fingerprint density at radius 3 is 2.58 bits per heavy atom. The quantitative estimate of drug-likeness (QED) is 0.579. The van der Waals surface area contributed by atoms with Crippen LogP contribution >= 0.6 is 11.3 Å². The predicted molar refractivity (Wildman–Crippen MR) is 91.1 cm³/mol. The smallest absolute Gasteiger partial charge is 0.267 e. The van der Waals surface area contributed by atoms with Crippen LogP contribution in [0.1, 0.15) is 20.7 Å². The molecule has 0 radical (unpaired) electrons. The summed E-state index contributed by atoms with van der Waals surface area (Å²) in [6, 6.07) is 5.86. The maximum Gasteiger partial charge on any atom is 0.272 e. The highest BCUT2D eigenvalue weighted by Crippen LogP contribution is 2.18. The average molecular weight is 396 g/mol. The molecule has 0 aliphatic rings. The zero-order chi connectivity index (χ0) is 19.3. The molecule has 26 heavy (non-hydrogen) atoms. The number of halogens is 1. The van der Waals surface area contributed by atoms with Crippen LogP contribution in [0.5, 0.6) is 0 Å². The maximum absolute atomic E-state index is 13.9. The number of hydrogen-bond donors (Lipinski definition) is 2. The van der Waals surface area contributed by atoms with Gasteiger partial charge < -0.3 is 0 Å². The maximum atomic E-state index is 13.9. The highest BCUT2D eigenvalue weighted by molar-refractivity contribution is 7.89. The van der Waals surface area contributed by atoms with Crippen molar-refractivity contribution < 1.29 is 22.4 Å². The number of hydrazine groups is 1. The van der Waals surface area contributed by atoms with Gasteiger partial charge in [0.25, 0.3) is 11.8 Å². The molecule has 1 aromatic heterocycles. The number of carbonyl (C=O) groups is 2. The molecule has 0 aliphatic carbocycles. The third kappa shape index (κ3) is 4.23. The number of sulfonamides is 1. The van der Waals surface area contributed by atoms with Crippen molar-refractivity contribution in [3.63, 3.8) is 0 Å². The van der Waals surface area contributed by atoms with Crippen LogP contribution in [0.25, 0.3) is 0 Å². The Labute approximate surface area is 152 Å². The van der Waals surface area contributed by atoms with Crippen molar-refractivity contribution >= 4 is 33.2 Å². The van der Waals surface area contributed by atoms with E-state index in [4.69, 9.17) is 5.26 Å². The third-order valence-electron chi connectivity index (χ3n) is 3.26. The molecule has 0 atom stereocenters. The van der Waals surface area contributed by atoms with Gasteiger partial charge in [0.1, 0.15) is 12.4 Å². The van der Waals surface area contributed by atoms with Crippen molar-refractivity contribution in [2.24, 2.45) is 0 Å². The lowest BCUT2D eigenvalue weighted by Gasteiger charge is -2.14.